The van der Waals surface area contributed by atoms with Crippen molar-refractivity contribution >= 4 is 17.7 Å². The zero-order valence-corrected chi connectivity index (χ0v) is 11.6. The van der Waals surface area contributed by atoms with Crippen LogP contribution in [-0.2, 0) is 15.3 Å². The summed E-state index contributed by atoms with van der Waals surface area (Å²) in [6.45, 7) is -0.448. The molecule has 0 aromatic heterocycles. The van der Waals surface area contributed by atoms with E-state index < -0.39 is 18.7 Å². The van der Waals surface area contributed by atoms with E-state index in [9.17, 15) is 9.18 Å². The first-order valence-electron chi connectivity index (χ1n) is 5.86. The predicted molar refractivity (Wildman–Crippen MR) is 74.1 cm³/mol. The monoisotopic (exact) mass is 287 g/mol. The number of methoxy groups -OCH3 is 1. The summed E-state index contributed by atoms with van der Waals surface area (Å²) in [5.74, 6) is 1.43. The number of hydrogen-bond donors (Lipinski definition) is 1. The first kappa shape index (κ1) is 15.8. The average Bonchev–Trinajstić information content (AvgIpc) is 2.44. The van der Waals surface area contributed by atoms with Crippen LogP contribution in [0.1, 0.15) is 5.56 Å². The maximum atomic E-state index is 12.0. The van der Waals surface area contributed by atoms with Gasteiger partial charge in [-0.25, -0.2) is 4.39 Å². The molecule has 0 heterocycles. The summed E-state index contributed by atoms with van der Waals surface area (Å²) in [7, 11) is 1.32. The van der Waals surface area contributed by atoms with Crippen LogP contribution in [-0.4, -0.2) is 38.2 Å². The Morgan fingerprint density at radius 1 is 1.53 bits per heavy atom. The molecule has 0 saturated heterocycles. The van der Waals surface area contributed by atoms with Crippen molar-refractivity contribution in [2.24, 2.45) is 5.73 Å². The third-order valence-corrected chi connectivity index (χ3v) is 3.45. The number of carbonyl (C=O) groups excluding carboxylic acids is 1. The Bertz CT molecular complexity index is 403. The van der Waals surface area contributed by atoms with Gasteiger partial charge in [-0.1, -0.05) is 12.1 Å². The topological polar surface area (TPSA) is 61.5 Å². The van der Waals surface area contributed by atoms with Crippen molar-refractivity contribution in [1.82, 2.24) is 0 Å². The molecule has 0 aliphatic heterocycles. The minimum atomic E-state index is -0.610. The first-order chi connectivity index (χ1) is 9.17. The number of carbonyl (C=O) groups is 1. The van der Waals surface area contributed by atoms with E-state index >= 15 is 0 Å². The molecule has 0 radical (unpaired) electrons. The van der Waals surface area contributed by atoms with Gasteiger partial charge in [-0.15, -0.1) is 0 Å². The smallest absolute Gasteiger partial charge is 0.323 e. The highest BCUT2D eigenvalue weighted by molar-refractivity contribution is 7.98. The van der Waals surface area contributed by atoms with Gasteiger partial charge in [-0.2, -0.15) is 11.8 Å². The van der Waals surface area contributed by atoms with E-state index in [1.165, 1.54) is 18.9 Å². The number of hydrogen-bond acceptors (Lipinski definition) is 5. The van der Waals surface area contributed by atoms with Crippen LogP contribution >= 0.6 is 11.8 Å². The van der Waals surface area contributed by atoms with E-state index in [-0.39, 0.29) is 6.61 Å². The summed E-state index contributed by atoms with van der Waals surface area (Å²) in [6, 6.07) is 6.82. The highest BCUT2D eigenvalue weighted by Gasteiger charge is 2.13. The molecule has 2 N–H and O–H groups in total. The summed E-state index contributed by atoms with van der Waals surface area (Å²) in [5, 5.41) is 0. The molecule has 1 aromatic carbocycles. The molecule has 0 amide bonds. The maximum absolute atomic E-state index is 12.0. The number of ether oxygens (including phenoxy) is 2. The molecule has 19 heavy (non-hydrogen) atoms. The Hall–Kier alpha value is -1.27. The Morgan fingerprint density at radius 2 is 2.32 bits per heavy atom. The van der Waals surface area contributed by atoms with Gasteiger partial charge in [0.1, 0.15) is 25.1 Å². The van der Waals surface area contributed by atoms with Crippen molar-refractivity contribution < 1.29 is 18.7 Å². The Kier molecular flexibility index (Phi) is 7.28. The number of nitrogens with two attached hydrogens (primary N) is 1. The lowest BCUT2D eigenvalue weighted by Crippen LogP contribution is -2.33. The summed E-state index contributed by atoms with van der Waals surface area (Å²) < 4.78 is 21.7. The van der Waals surface area contributed by atoms with E-state index in [4.69, 9.17) is 10.5 Å². The molecule has 0 saturated carbocycles. The fourth-order valence-corrected chi connectivity index (χ4v) is 2.33. The number of alkyl halides is 1. The van der Waals surface area contributed by atoms with E-state index in [1.807, 2.05) is 18.2 Å². The maximum Gasteiger partial charge on any atom is 0.323 e. The number of halogens is 1. The van der Waals surface area contributed by atoms with Gasteiger partial charge in [-0.05, 0) is 17.7 Å². The Morgan fingerprint density at radius 3 is 3.00 bits per heavy atom. The summed E-state index contributed by atoms with van der Waals surface area (Å²) >= 11 is 1.54. The van der Waals surface area contributed by atoms with Crippen molar-refractivity contribution in [3.05, 3.63) is 29.8 Å². The minimum absolute atomic E-state index is 0.0593. The Balaban J connectivity index is 2.38. The van der Waals surface area contributed by atoms with Gasteiger partial charge in [-0.3, -0.25) is 4.79 Å². The number of benzene rings is 1. The summed E-state index contributed by atoms with van der Waals surface area (Å²) in [5.41, 5.74) is 6.67. The van der Waals surface area contributed by atoms with Gasteiger partial charge in [0.15, 0.2) is 0 Å². The van der Waals surface area contributed by atoms with Crippen LogP contribution < -0.4 is 10.5 Å². The number of thioether (sulfide) groups is 1. The molecule has 0 spiro atoms. The van der Waals surface area contributed by atoms with Crippen molar-refractivity contribution in [2.75, 3.05) is 26.1 Å². The third kappa shape index (κ3) is 5.94. The van der Waals surface area contributed by atoms with Gasteiger partial charge < -0.3 is 15.2 Å². The largest absolute Gasteiger partial charge is 0.491 e. The standard InChI is InChI=1S/C13H18FNO3S/c1-17-13(16)12(15)9-19-8-10-3-2-4-11(7-10)18-6-5-14/h2-4,7,12H,5-6,8-9,15H2,1H3/t12-/m1/s1. The zero-order chi connectivity index (χ0) is 14.1. The molecular formula is C13H18FNO3S. The fourth-order valence-electron chi connectivity index (χ4n) is 1.40. The van der Waals surface area contributed by atoms with E-state index in [1.54, 1.807) is 6.07 Å². The van der Waals surface area contributed by atoms with Crippen LogP contribution in [0.5, 0.6) is 5.75 Å². The lowest BCUT2D eigenvalue weighted by atomic mass is 10.2. The van der Waals surface area contributed by atoms with Gasteiger partial charge in [0.25, 0.3) is 0 Å². The fraction of sp³-hybridized carbons (Fsp3) is 0.462. The zero-order valence-electron chi connectivity index (χ0n) is 10.8. The molecule has 0 bridgehead atoms. The molecule has 1 rings (SSSR count). The molecular weight excluding hydrogens is 269 g/mol. The summed E-state index contributed by atoms with van der Waals surface area (Å²) in [4.78, 5) is 11.1. The summed E-state index contributed by atoms with van der Waals surface area (Å²) in [6.07, 6.45) is 0. The molecule has 4 nitrogen and oxygen atoms in total. The van der Waals surface area contributed by atoms with Crippen molar-refractivity contribution in [3.63, 3.8) is 0 Å². The molecule has 106 valence electrons. The molecule has 0 aliphatic rings. The average molecular weight is 287 g/mol. The minimum Gasteiger partial charge on any atom is -0.491 e. The quantitative estimate of drug-likeness (QED) is 0.738. The lowest BCUT2D eigenvalue weighted by molar-refractivity contribution is -0.141. The molecule has 1 aromatic rings. The van der Waals surface area contributed by atoms with Crippen LogP contribution in [0.15, 0.2) is 24.3 Å². The second-order valence-corrected chi connectivity index (χ2v) is 4.86. The van der Waals surface area contributed by atoms with Crippen molar-refractivity contribution in [2.45, 2.75) is 11.8 Å². The highest BCUT2D eigenvalue weighted by Crippen LogP contribution is 2.18. The van der Waals surface area contributed by atoms with E-state index in [0.29, 0.717) is 17.3 Å². The first-order valence-corrected chi connectivity index (χ1v) is 7.01. The second-order valence-electron chi connectivity index (χ2n) is 3.83. The predicted octanol–water partition coefficient (Wildman–Crippen LogP) is 1.77. The second kappa shape index (κ2) is 8.77. The van der Waals surface area contributed by atoms with Gasteiger partial charge >= 0.3 is 5.97 Å². The van der Waals surface area contributed by atoms with Gasteiger partial charge in [0.2, 0.25) is 0 Å². The highest BCUT2D eigenvalue weighted by atomic mass is 32.2. The van der Waals surface area contributed by atoms with Gasteiger partial charge in [0, 0.05) is 11.5 Å². The van der Waals surface area contributed by atoms with E-state index in [0.717, 1.165) is 5.56 Å². The normalized spacial score (nSPS) is 11.9. The third-order valence-electron chi connectivity index (χ3n) is 2.31. The molecule has 0 aliphatic carbocycles. The van der Waals surface area contributed by atoms with E-state index in [2.05, 4.69) is 4.74 Å². The van der Waals surface area contributed by atoms with Crippen molar-refractivity contribution in [1.29, 1.82) is 0 Å². The molecule has 1 atom stereocenters. The molecule has 6 heteroatoms. The van der Waals surface area contributed by atoms with Gasteiger partial charge in [0.05, 0.1) is 7.11 Å². The van der Waals surface area contributed by atoms with Crippen LogP contribution in [0.25, 0.3) is 0 Å². The van der Waals surface area contributed by atoms with Crippen LogP contribution in [0.4, 0.5) is 4.39 Å². The van der Waals surface area contributed by atoms with Crippen molar-refractivity contribution in [3.8, 4) is 5.75 Å². The van der Waals surface area contributed by atoms with Crippen LogP contribution in [0, 0.1) is 0 Å². The van der Waals surface area contributed by atoms with Crippen LogP contribution in [0.2, 0.25) is 0 Å². The number of rotatable bonds is 8. The Labute approximate surface area is 116 Å². The molecule has 0 unspecified atom stereocenters. The lowest BCUT2D eigenvalue weighted by Gasteiger charge is -2.09. The number of esters is 1. The van der Waals surface area contributed by atoms with Crippen LogP contribution in [0.3, 0.4) is 0 Å². The molecule has 0 fully saturated rings. The SMILES string of the molecule is COC(=O)[C@H](N)CSCc1cccc(OCCF)c1.